The van der Waals surface area contributed by atoms with Gasteiger partial charge in [-0.1, -0.05) is 0 Å². The highest BCUT2D eigenvalue weighted by atomic mass is 16.5. The van der Waals surface area contributed by atoms with Crippen LogP contribution in [-0.4, -0.2) is 24.2 Å². The van der Waals surface area contributed by atoms with Gasteiger partial charge in [0.05, 0.1) is 24.2 Å². The largest absolute Gasteiger partial charge is 0.489 e. The summed E-state index contributed by atoms with van der Waals surface area (Å²) >= 11 is 0. The maximum Gasteiger partial charge on any atom is 0.140 e. The lowest BCUT2D eigenvalue weighted by atomic mass is 10.4. The molecule has 0 saturated heterocycles. The SMILES string of the molecule is CC(C)Oc1cncc(NCCN)c1. The lowest BCUT2D eigenvalue weighted by Crippen LogP contribution is -2.13. The molecule has 0 amide bonds. The minimum Gasteiger partial charge on any atom is -0.489 e. The van der Waals surface area contributed by atoms with Crippen LogP contribution in [0.2, 0.25) is 0 Å². The molecule has 3 N–H and O–H groups in total. The molecule has 0 spiro atoms. The van der Waals surface area contributed by atoms with Gasteiger partial charge in [0.25, 0.3) is 0 Å². The molecule has 0 aromatic carbocycles. The Morgan fingerprint density at radius 1 is 1.50 bits per heavy atom. The van der Waals surface area contributed by atoms with Crippen LogP contribution in [0.5, 0.6) is 5.75 Å². The number of aromatic nitrogens is 1. The first-order valence-corrected chi connectivity index (χ1v) is 4.78. The molecule has 0 aliphatic rings. The Morgan fingerprint density at radius 2 is 2.29 bits per heavy atom. The summed E-state index contributed by atoms with van der Waals surface area (Å²) in [7, 11) is 0. The summed E-state index contributed by atoms with van der Waals surface area (Å²) in [5.74, 6) is 0.780. The van der Waals surface area contributed by atoms with Crippen LogP contribution in [0.25, 0.3) is 0 Å². The molecule has 1 aromatic rings. The Morgan fingerprint density at radius 3 is 2.93 bits per heavy atom. The molecule has 0 fully saturated rings. The van der Waals surface area contributed by atoms with E-state index in [9.17, 15) is 0 Å². The smallest absolute Gasteiger partial charge is 0.140 e. The van der Waals surface area contributed by atoms with Gasteiger partial charge in [-0.05, 0) is 13.8 Å². The molecule has 0 bridgehead atoms. The highest BCUT2D eigenvalue weighted by Crippen LogP contribution is 2.16. The van der Waals surface area contributed by atoms with Crippen molar-refractivity contribution in [1.29, 1.82) is 0 Å². The molecule has 1 heterocycles. The molecule has 1 rings (SSSR count). The number of anilines is 1. The van der Waals surface area contributed by atoms with Crippen molar-refractivity contribution in [1.82, 2.24) is 4.98 Å². The summed E-state index contributed by atoms with van der Waals surface area (Å²) in [6, 6.07) is 1.92. The lowest BCUT2D eigenvalue weighted by molar-refractivity contribution is 0.241. The topological polar surface area (TPSA) is 60.2 Å². The normalized spacial score (nSPS) is 10.3. The van der Waals surface area contributed by atoms with Crippen molar-refractivity contribution in [2.45, 2.75) is 20.0 Å². The van der Waals surface area contributed by atoms with Crippen molar-refractivity contribution in [3.8, 4) is 5.75 Å². The third-order valence-electron chi connectivity index (χ3n) is 1.56. The first-order valence-electron chi connectivity index (χ1n) is 4.78. The van der Waals surface area contributed by atoms with Gasteiger partial charge in [-0.3, -0.25) is 4.98 Å². The molecule has 4 nitrogen and oxygen atoms in total. The highest BCUT2D eigenvalue weighted by molar-refractivity contribution is 5.45. The van der Waals surface area contributed by atoms with Gasteiger partial charge in [0.2, 0.25) is 0 Å². The molecule has 0 atom stereocenters. The zero-order valence-corrected chi connectivity index (χ0v) is 8.66. The average Bonchev–Trinajstić information content (AvgIpc) is 2.14. The van der Waals surface area contributed by atoms with Gasteiger partial charge >= 0.3 is 0 Å². The molecule has 0 saturated carbocycles. The van der Waals surface area contributed by atoms with Crippen LogP contribution in [0.3, 0.4) is 0 Å². The zero-order chi connectivity index (χ0) is 10.4. The van der Waals surface area contributed by atoms with Crippen molar-refractivity contribution in [2.75, 3.05) is 18.4 Å². The van der Waals surface area contributed by atoms with E-state index in [2.05, 4.69) is 10.3 Å². The first kappa shape index (κ1) is 10.8. The Hall–Kier alpha value is -1.29. The van der Waals surface area contributed by atoms with Crippen LogP contribution >= 0.6 is 0 Å². The number of nitrogens with zero attached hydrogens (tertiary/aromatic N) is 1. The van der Waals surface area contributed by atoms with Crippen molar-refractivity contribution in [2.24, 2.45) is 5.73 Å². The monoisotopic (exact) mass is 195 g/mol. The number of nitrogens with one attached hydrogen (secondary N) is 1. The van der Waals surface area contributed by atoms with Gasteiger partial charge in [-0.2, -0.15) is 0 Å². The van der Waals surface area contributed by atoms with E-state index in [1.165, 1.54) is 0 Å². The van der Waals surface area contributed by atoms with Crippen molar-refractivity contribution < 1.29 is 4.74 Å². The number of nitrogens with two attached hydrogens (primary N) is 1. The molecular formula is C10H17N3O. The molecule has 0 radical (unpaired) electrons. The third kappa shape index (κ3) is 3.62. The predicted molar refractivity (Wildman–Crippen MR) is 57.5 cm³/mol. The van der Waals surface area contributed by atoms with E-state index in [4.69, 9.17) is 10.5 Å². The predicted octanol–water partition coefficient (Wildman–Crippen LogP) is 1.24. The number of pyridine rings is 1. The van der Waals surface area contributed by atoms with Crippen LogP contribution in [-0.2, 0) is 0 Å². The molecule has 0 aliphatic carbocycles. The molecule has 0 aliphatic heterocycles. The Balaban J connectivity index is 2.59. The fourth-order valence-electron chi connectivity index (χ4n) is 1.07. The molecule has 14 heavy (non-hydrogen) atoms. The summed E-state index contributed by atoms with van der Waals surface area (Å²) in [5.41, 5.74) is 6.32. The number of hydrogen-bond donors (Lipinski definition) is 2. The number of rotatable bonds is 5. The zero-order valence-electron chi connectivity index (χ0n) is 8.66. The van der Waals surface area contributed by atoms with Gasteiger partial charge in [0, 0.05) is 19.2 Å². The van der Waals surface area contributed by atoms with Crippen molar-refractivity contribution in [3.05, 3.63) is 18.5 Å². The van der Waals surface area contributed by atoms with Crippen molar-refractivity contribution >= 4 is 5.69 Å². The van der Waals surface area contributed by atoms with Gasteiger partial charge < -0.3 is 15.8 Å². The Labute approximate surface area is 84.5 Å². The molecule has 1 aromatic heterocycles. The van der Waals surface area contributed by atoms with Gasteiger partial charge in [0.15, 0.2) is 0 Å². The maximum atomic E-state index is 5.50. The molecular weight excluding hydrogens is 178 g/mol. The maximum absolute atomic E-state index is 5.50. The Bertz CT molecular complexity index is 276. The van der Waals surface area contributed by atoms with E-state index >= 15 is 0 Å². The fraction of sp³-hybridized carbons (Fsp3) is 0.500. The van der Waals surface area contributed by atoms with Crippen LogP contribution < -0.4 is 15.8 Å². The van der Waals surface area contributed by atoms with Gasteiger partial charge in [-0.25, -0.2) is 0 Å². The van der Waals surface area contributed by atoms with Crippen LogP contribution in [0.1, 0.15) is 13.8 Å². The number of ether oxygens (including phenoxy) is 1. The minimum atomic E-state index is 0.168. The quantitative estimate of drug-likeness (QED) is 0.742. The van der Waals surface area contributed by atoms with Crippen LogP contribution in [0, 0.1) is 0 Å². The summed E-state index contributed by atoms with van der Waals surface area (Å²) in [5, 5.41) is 3.14. The highest BCUT2D eigenvalue weighted by Gasteiger charge is 1.99. The van der Waals surface area contributed by atoms with Crippen LogP contribution in [0.15, 0.2) is 18.5 Å². The average molecular weight is 195 g/mol. The van der Waals surface area contributed by atoms with Crippen molar-refractivity contribution in [3.63, 3.8) is 0 Å². The summed E-state index contributed by atoms with van der Waals surface area (Å²) in [4.78, 5) is 4.06. The third-order valence-corrected chi connectivity index (χ3v) is 1.56. The molecule has 4 heteroatoms. The number of hydrogen-bond acceptors (Lipinski definition) is 4. The first-order chi connectivity index (χ1) is 6.72. The van der Waals surface area contributed by atoms with E-state index in [-0.39, 0.29) is 6.10 Å². The summed E-state index contributed by atoms with van der Waals surface area (Å²) < 4.78 is 5.50. The van der Waals surface area contributed by atoms with Gasteiger partial charge in [0.1, 0.15) is 5.75 Å². The molecule has 78 valence electrons. The lowest BCUT2D eigenvalue weighted by Gasteiger charge is -2.10. The Kier molecular flexibility index (Phi) is 4.19. The van der Waals surface area contributed by atoms with Gasteiger partial charge in [-0.15, -0.1) is 0 Å². The van der Waals surface area contributed by atoms with Crippen LogP contribution in [0.4, 0.5) is 5.69 Å². The molecule has 0 unspecified atom stereocenters. The fourth-order valence-corrected chi connectivity index (χ4v) is 1.07. The van der Waals surface area contributed by atoms with E-state index in [1.807, 2.05) is 19.9 Å². The second-order valence-corrected chi connectivity index (χ2v) is 3.29. The van der Waals surface area contributed by atoms with E-state index in [1.54, 1.807) is 12.4 Å². The standard InChI is InChI=1S/C10H17N3O/c1-8(2)14-10-5-9(6-12-7-10)13-4-3-11/h5-8,13H,3-4,11H2,1-2H3. The second-order valence-electron chi connectivity index (χ2n) is 3.29. The summed E-state index contributed by atoms with van der Waals surface area (Å²) in [6.45, 7) is 5.32. The minimum absolute atomic E-state index is 0.168. The van der Waals surface area contributed by atoms with E-state index < -0.39 is 0 Å². The summed E-state index contributed by atoms with van der Waals surface area (Å²) in [6.07, 6.45) is 3.62. The van der Waals surface area contributed by atoms with E-state index in [0.717, 1.165) is 18.0 Å². The van der Waals surface area contributed by atoms with E-state index in [0.29, 0.717) is 6.54 Å². The second kappa shape index (κ2) is 5.44.